The average molecular weight is 1020 g/mol. The van der Waals surface area contributed by atoms with Crippen LogP contribution in [0.5, 0.6) is 0 Å². The topological polar surface area (TPSA) is 0 Å². The smallest absolute Gasteiger partial charge is 0.000719 e. The van der Waals surface area contributed by atoms with Crippen LogP contribution >= 0.6 is 0 Å². The molecule has 2 aliphatic rings. The summed E-state index contributed by atoms with van der Waals surface area (Å²) in [4.78, 5) is 0. The number of rotatable bonds is 5. The van der Waals surface area contributed by atoms with Crippen molar-refractivity contribution < 1.29 is 0 Å². The fraction of sp³-hybridized carbons (Fsp3) is 0.0123. The van der Waals surface area contributed by atoms with Gasteiger partial charge in [0, 0.05) is 0 Å². The molecule has 0 aromatic heterocycles. The Morgan fingerprint density at radius 2 is 0.506 bits per heavy atom. The molecule has 16 aromatic carbocycles. The number of benzene rings is 16. The van der Waals surface area contributed by atoms with E-state index in [0.717, 1.165) is 0 Å². The maximum atomic E-state index is 2.46. The Labute approximate surface area is 469 Å². The zero-order valence-corrected chi connectivity index (χ0v) is 44.5. The molecule has 0 unspecified atom stereocenters. The van der Waals surface area contributed by atoms with Crippen molar-refractivity contribution >= 4 is 86.2 Å². The number of hydrogen-bond donors (Lipinski definition) is 0. The molecular weight excluding hydrogens is 973 g/mol. The van der Waals surface area contributed by atoms with Gasteiger partial charge >= 0.3 is 0 Å². The van der Waals surface area contributed by atoms with Gasteiger partial charge in [0.15, 0.2) is 0 Å². The third-order valence-corrected chi connectivity index (χ3v) is 18.4. The highest BCUT2D eigenvalue weighted by Gasteiger charge is 2.35. The first-order chi connectivity index (χ1) is 40.1. The van der Waals surface area contributed by atoms with Gasteiger partial charge < -0.3 is 0 Å². The molecule has 0 aliphatic heterocycles. The van der Waals surface area contributed by atoms with E-state index in [4.69, 9.17) is 0 Å². The van der Waals surface area contributed by atoms with Crippen LogP contribution in [0, 0.1) is 6.92 Å². The standard InChI is InChI=1S/C81H48/c1-47-17-12-30-57-55(47)29-14-34-63(57)77-67-28-11-9-26-65(67)73(54-40-38-49-19-3-5-22-52(49)46-54)79-71-44-42-59(62-33-16-36-69(75(62)71)81(77)79)58-41-43-70-74-61(58)32-15-35-68(74)80-76(60-31-13-23-50-20-6-7-24-56(50)60)66-27-10-8-25-64(66)72(78(70)80)53-39-37-48-18-2-4-21-51(48)45-53/h2-46H,1H3. The molecule has 0 amide bonds. The summed E-state index contributed by atoms with van der Waals surface area (Å²) in [6.07, 6.45) is 0. The van der Waals surface area contributed by atoms with Gasteiger partial charge in [-0.2, -0.15) is 0 Å². The number of aryl methyl sites for hydroxylation is 1. The largest absolute Gasteiger partial charge is 0.0616 e. The van der Waals surface area contributed by atoms with Crippen molar-refractivity contribution in [3.63, 3.8) is 0 Å². The molecule has 0 saturated heterocycles. The fourth-order valence-corrected chi connectivity index (χ4v) is 15.0. The van der Waals surface area contributed by atoms with E-state index in [2.05, 4.69) is 280 Å². The molecule has 0 bridgehead atoms. The fourth-order valence-electron chi connectivity index (χ4n) is 15.0. The maximum absolute atomic E-state index is 2.46. The van der Waals surface area contributed by atoms with Crippen molar-refractivity contribution in [2.45, 2.75) is 6.92 Å². The minimum absolute atomic E-state index is 1.23. The first kappa shape index (κ1) is 44.6. The number of hydrogen-bond acceptors (Lipinski definition) is 0. The molecule has 0 radical (unpaired) electrons. The van der Waals surface area contributed by atoms with Gasteiger partial charge in [-0.15, -0.1) is 0 Å². The highest BCUT2D eigenvalue weighted by atomic mass is 14.4. The molecule has 16 aromatic rings. The van der Waals surface area contributed by atoms with E-state index in [-0.39, 0.29) is 0 Å². The monoisotopic (exact) mass is 1020 g/mol. The molecule has 0 N–H and O–H groups in total. The van der Waals surface area contributed by atoms with Crippen molar-refractivity contribution in [1.82, 2.24) is 0 Å². The molecule has 18 rings (SSSR count). The first-order valence-electron chi connectivity index (χ1n) is 28.4. The van der Waals surface area contributed by atoms with Crippen molar-refractivity contribution in [1.29, 1.82) is 0 Å². The van der Waals surface area contributed by atoms with Crippen LogP contribution < -0.4 is 0 Å². The van der Waals surface area contributed by atoms with Crippen LogP contribution in [0.1, 0.15) is 5.56 Å². The molecule has 372 valence electrons. The van der Waals surface area contributed by atoms with E-state index in [0.29, 0.717) is 0 Å². The Balaban J connectivity index is 0.927. The summed E-state index contributed by atoms with van der Waals surface area (Å²) in [5, 5.41) is 20.3. The quantitative estimate of drug-likeness (QED) is 0.161. The summed E-state index contributed by atoms with van der Waals surface area (Å²) in [6, 6.07) is 103. The zero-order valence-electron chi connectivity index (χ0n) is 44.5. The van der Waals surface area contributed by atoms with Crippen LogP contribution in [-0.2, 0) is 0 Å². The molecular formula is C81H48. The highest BCUT2D eigenvalue weighted by molar-refractivity contribution is 6.33. The van der Waals surface area contributed by atoms with E-state index in [1.165, 1.54) is 192 Å². The lowest BCUT2D eigenvalue weighted by Crippen LogP contribution is -1.94. The van der Waals surface area contributed by atoms with Crippen molar-refractivity contribution in [2.75, 3.05) is 0 Å². The van der Waals surface area contributed by atoms with Gasteiger partial charge in [0.1, 0.15) is 0 Å². The lowest BCUT2D eigenvalue weighted by Gasteiger charge is -2.21. The SMILES string of the molecule is Cc1cccc2c(-c3c4c(c(-c5ccc6ccccc6c5)c5ccccc35)-c3ccc(-c5ccc6c7c(cccc57)-c5c-6c(-c6ccc7ccccc7c6)c6ccccc6c5-c5cccc6ccccc56)c5cccc-4c35)cccc12. The van der Waals surface area contributed by atoms with Gasteiger partial charge in [-0.3, -0.25) is 0 Å². The molecule has 0 spiro atoms. The van der Waals surface area contributed by atoms with Crippen LogP contribution in [0.3, 0.4) is 0 Å². The Hall–Kier alpha value is -10.4. The molecule has 81 heavy (non-hydrogen) atoms. The number of fused-ring (bicyclic) bond motifs is 12. The molecule has 0 heterocycles. The third kappa shape index (κ3) is 6.19. The van der Waals surface area contributed by atoms with Gasteiger partial charge in [-0.25, -0.2) is 0 Å². The van der Waals surface area contributed by atoms with Crippen LogP contribution in [0.25, 0.3) is 186 Å². The summed E-state index contributed by atoms with van der Waals surface area (Å²) in [7, 11) is 0. The zero-order chi connectivity index (χ0) is 53.0. The Morgan fingerprint density at radius 1 is 0.173 bits per heavy atom. The lowest BCUT2D eigenvalue weighted by atomic mass is 9.81. The summed E-state index contributed by atoms with van der Waals surface area (Å²) in [5.41, 5.74) is 24.3. The average Bonchev–Trinajstić information content (AvgIpc) is 3.99. The van der Waals surface area contributed by atoms with Gasteiger partial charge in [0.2, 0.25) is 0 Å². The van der Waals surface area contributed by atoms with E-state index >= 15 is 0 Å². The van der Waals surface area contributed by atoms with Crippen LogP contribution in [0.2, 0.25) is 0 Å². The third-order valence-electron chi connectivity index (χ3n) is 18.4. The van der Waals surface area contributed by atoms with Crippen LogP contribution in [0.4, 0.5) is 0 Å². The summed E-state index contributed by atoms with van der Waals surface area (Å²) in [6.45, 7) is 2.24. The van der Waals surface area contributed by atoms with Crippen LogP contribution in [-0.4, -0.2) is 0 Å². The summed E-state index contributed by atoms with van der Waals surface area (Å²) >= 11 is 0. The second kappa shape index (κ2) is 16.8. The molecule has 0 fully saturated rings. The minimum Gasteiger partial charge on any atom is -0.0616 e. The van der Waals surface area contributed by atoms with Gasteiger partial charge in [-0.05, 0) is 211 Å². The lowest BCUT2D eigenvalue weighted by molar-refractivity contribution is 1.53. The summed E-state index contributed by atoms with van der Waals surface area (Å²) < 4.78 is 0. The predicted molar refractivity (Wildman–Crippen MR) is 347 cm³/mol. The van der Waals surface area contributed by atoms with Crippen LogP contribution in [0.15, 0.2) is 273 Å². The minimum atomic E-state index is 1.23. The van der Waals surface area contributed by atoms with E-state index in [9.17, 15) is 0 Å². The van der Waals surface area contributed by atoms with E-state index < -0.39 is 0 Å². The molecule has 2 aliphatic carbocycles. The first-order valence-corrected chi connectivity index (χ1v) is 28.4. The highest BCUT2D eigenvalue weighted by Crippen LogP contribution is 2.62. The van der Waals surface area contributed by atoms with Gasteiger partial charge in [0.05, 0.1) is 0 Å². The molecule has 0 heteroatoms. The van der Waals surface area contributed by atoms with E-state index in [1.54, 1.807) is 0 Å². The van der Waals surface area contributed by atoms with Crippen molar-refractivity contribution in [2.24, 2.45) is 0 Å². The maximum Gasteiger partial charge on any atom is -0.000719 e. The molecule has 0 nitrogen and oxygen atoms in total. The summed E-state index contributed by atoms with van der Waals surface area (Å²) in [5.74, 6) is 0. The van der Waals surface area contributed by atoms with Crippen molar-refractivity contribution in [3.8, 4) is 100 Å². The predicted octanol–water partition coefficient (Wildman–Crippen LogP) is 22.9. The Kier molecular flexibility index (Phi) is 9.25. The van der Waals surface area contributed by atoms with Gasteiger partial charge in [-0.1, -0.05) is 261 Å². The molecule has 0 saturated carbocycles. The van der Waals surface area contributed by atoms with Gasteiger partial charge in [0.25, 0.3) is 0 Å². The second-order valence-electron chi connectivity index (χ2n) is 22.5. The second-order valence-corrected chi connectivity index (χ2v) is 22.5. The normalized spacial score (nSPS) is 12.3. The Morgan fingerprint density at radius 3 is 1.04 bits per heavy atom. The molecule has 0 atom stereocenters. The van der Waals surface area contributed by atoms with E-state index in [1.807, 2.05) is 0 Å². The van der Waals surface area contributed by atoms with Crippen molar-refractivity contribution in [3.05, 3.63) is 279 Å². The Bertz CT molecular complexity index is 5470.